The summed E-state index contributed by atoms with van der Waals surface area (Å²) in [5.41, 5.74) is 3.32. The molecule has 2 aromatic rings. The standard InChI is InChI=1S/C17H13N/c1-14(16-10-6-3-7-11-16)17(13-18)12-15-8-4-2-5-9-15/h2-12H,1H2/b17-12+. The van der Waals surface area contributed by atoms with E-state index in [1.165, 1.54) is 0 Å². The molecule has 2 aromatic carbocycles. The summed E-state index contributed by atoms with van der Waals surface area (Å²) in [5, 5.41) is 9.24. The van der Waals surface area contributed by atoms with E-state index in [-0.39, 0.29) is 0 Å². The van der Waals surface area contributed by atoms with Gasteiger partial charge in [-0.3, -0.25) is 0 Å². The fraction of sp³-hybridized carbons (Fsp3) is 0. The molecule has 0 aliphatic rings. The quantitative estimate of drug-likeness (QED) is 0.570. The van der Waals surface area contributed by atoms with E-state index in [4.69, 9.17) is 0 Å². The molecule has 0 aliphatic carbocycles. The first-order chi connectivity index (χ1) is 8.81. The Morgan fingerprint density at radius 3 is 2.06 bits per heavy atom. The summed E-state index contributed by atoms with van der Waals surface area (Å²) >= 11 is 0. The highest BCUT2D eigenvalue weighted by Crippen LogP contribution is 2.22. The molecule has 0 radical (unpaired) electrons. The van der Waals surface area contributed by atoms with Crippen LogP contribution in [0.5, 0.6) is 0 Å². The highest BCUT2D eigenvalue weighted by molar-refractivity contribution is 5.87. The fourth-order valence-corrected chi connectivity index (χ4v) is 1.70. The molecular formula is C17H13N. The second kappa shape index (κ2) is 5.65. The molecule has 0 spiro atoms. The van der Waals surface area contributed by atoms with Gasteiger partial charge in [-0.25, -0.2) is 0 Å². The van der Waals surface area contributed by atoms with Crippen molar-refractivity contribution in [3.63, 3.8) is 0 Å². The van der Waals surface area contributed by atoms with Gasteiger partial charge in [0.2, 0.25) is 0 Å². The van der Waals surface area contributed by atoms with Crippen molar-refractivity contribution in [1.82, 2.24) is 0 Å². The van der Waals surface area contributed by atoms with E-state index in [0.717, 1.165) is 16.7 Å². The highest BCUT2D eigenvalue weighted by Gasteiger charge is 2.04. The molecule has 1 heteroatoms. The lowest BCUT2D eigenvalue weighted by Gasteiger charge is -2.04. The molecule has 0 saturated heterocycles. The summed E-state index contributed by atoms with van der Waals surface area (Å²) in [6.07, 6.45) is 1.86. The van der Waals surface area contributed by atoms with Crippen LogP contribution in [0.15, 0.2) is 72.8 Å². The molecule has 0 amide bonds. The van der Waals surface area contributed by atoms with Crippen molar-refractivity contribution in [2.45, 2.75) is 0 Å². The van der Waals surface area contributed by atoms with Crippen molar-refractivity contribution >= 4 is 11.6 Å². The molecule has 0 fully saturated rings. The van der Waals surface area contributed by atoms with Gasteiger partial charge in [0.15, 0.2) is 0 Å². The van der Waals surface area contributed by atoms with Crippen LogP contribution in [-0.2, 0) is 0 Å². The third-order valence-corrected chi connectivity index (χ3v) is 2.68. The van der Waals surface area contributed by atoms with E-state index >= 15 is 0 Å². The van der Waals surface area contributed by atoms with Crippen LogP contribution in [0.1, 0.15) is 11.1 Å². The summed E-state index contributed by atoms with van der Waals surface area (Å²) in [7, 11) is 0. The maximum Gasteiger partial charge on any atom is 0.0998 e. The number of hydrogen-bond donors (Lipinski definition) is 0. The summed E-state index contributed by atoms with van der Waals surface area (Å²) in [6, 6.07) is 21.7. The zero-order valence-corrected chi connectivity index (χ0v) is 10.0. The van der Waals surface area contributed by atoms with Crippen LogP contribution in [0.2, 0.25) is 0 Å². The summed E-state index contributed by atoms with van der Waals surface area (Å²) in [6.45, 7) is 4.00. The van der Waals surface area contributed by atoms with Crippen molar-refractivity contribution < 1.29 is 0 Å². The number of benzene rings is 2. The first-order valence-electron chi connectivity index (χ1n) is 5.73. The Morgan fingerprint density at radius 2 is 1.50 bits per heavy atom. The number of hydrogen-bond acceptors (Lipinski definition) is 1. The molecule has 0 heterocycles. The normalized spacial score (nSPS) is 10.7. The molecule has 0 aliphatic heterocycles. The van der Waals surface area contributed by atoms with Gasteiger partial charge in [0, 0.05) is 0 Å². The zero-order valence-electron chi connectivity index (χ0n) is 10.0. The molecule has 1 nitrogen and oxygen atoms in total. The second-order valence-electron chi connectivity index (χ2n) is 3.93. The number of nitriles is 1. The van der Waals surface area contributed by atoms with Crippen molar-refractivity contribution in [1.29, 1.82) is 5.26 Å². The third-order valence-electron chi connectivity index (χ3n) is 2.68. The SMILES string of the molecule is C=C(/C(C#N)=C/c1ccccc1)c1ccccc1. The molecule has 0 unspecified atom stereocenters. The number of rotatable bonds is 3. The lowest BCUT2D eigenvalue weighted by molar-refractivity contribution is 1.50. The van der Waals surface area contributed by atoms with Crippen LogP contribution in [0, 0.1) is 11.3 Å². The van der Waals surface area contributed by atoms with Gasteiger partial charge in [-0.05, 0) is 22.8 Å². The van der Waals surface area contributed by atoms with Crippen LogP contribution in [0.3, 0.4) is 0 Å². The van der Waals surface area contributed by atoms with E-state index in [2.05, 4.69) is 12.6 Å². The van der Waals surface area contributed by atoms with E-state index in [0.29, 0.717) is 5.57 Å². The van der Waals surface area contributed by atoms with Crippen LogP contribution in [-0.4, -0.2) is 0 Å². The van der Waals surface area contributed by atoms with Crippen LogP contribution < -0.4 is 0 Å². The van der Waals surface area contributed by atoms with E-state index in [9.17, 15) is 5.26 Å². The zero-order chi connectivity index (χ0) is 12.8. The van der Waals surface area contributed by atoms with Crippen molar-refractivity contribution in [3.05, 3.63) is 83.9 Å². The molecule has 0 aromatic heterocycles. The Labute approximate surface area is 107 Å². The number of allylic oxidation sites excluding steroid dienone is 2. The summed E-state index contributed by atoms with van der Waals surface area (Å²) in [5.74, 6) is 0. The monoisotopic (exact) mass is 231 g/mol. The Kier molecular flexibility index (Phi) is 3.73. The lowest BCUT2D eigenvalue weighted by Crippen LogP contribution is -1.86. The molecule has 0 atom stereocenters. The van der Waals surface area contributed by atoms with Gasteiger partial charge in [-0.15, -0.1) is 0 Å². The van der Waals surface area contributed by atoms with Gasteiger partial charge in [0.1, 0.15) is 0 Å². The van der Waals surface area contributed by atoms with Crippen LogP contribution in [0.4, 0.5) is 0 Å². The van der Waals surface area contributed by atoms with Gasteiger partial charge < -0.3 is 0 Å². The van der Waals surface area contributed by atoms with E-state index in [1.807, 2.05) is 66.7 Å². The molecule has 2 rings (SSSR count). The minimum Gasteiger partial charge on any atom is -0.192 e. The van der Waals surface area contributed by atoms with Gasteiger partial charge in [0.25, 0.3) is 0 Å². The lowest BCUT2D eigenvalue weighted by atomic mass is 9.98. The average Bonchev–Trinajstić information content (AvgIpc) is 2.46. The van der Waals surface area contributed by atoms with Gasteiger partial charge >= 0.3 is 0 Å². The van der Waals surface area contributed by atoms with Crippen molar-refractivity contribution in [2.24, 2.45) is 0 Å². The first kappa shape index (κ1) is 11.9. The van der Waals surface area contributed by atoms with Crippen LogP contribution >= 0.6 is 0 Å². The predicted octanol–water partition coefficient (Wildman–Crippen LogP) is 4.31. The fourth-order valence-electron chi connectivity index (χ4n) is 1.70. The Balaban J connectivity index is 2.34. The molecular weight excluding hydrogens is 218 g/mol. The third kappa shape index (κ3) is 2.75. The smallest absolute Gasteiger partial charge is 0.0998 e. The topological polar surface area (TPSA) is 23.8 Å². The molecule has 0 saturated carbocycles. The largest absolute Gasteiger partial charge is 0.192 e. The van der Waals surface area contributed by atoms with Crippen molar-refractivity contribution in [2.75, 3.05) is 0 Å². The van der Waals surface area contributed by atoms with Gasteiger partial charge in [-0.2, -0.15) is 5.26 Å². The molecule has 0 N–H and O–H groups in total. The molecule has 0 bridgehead atoms. The van der Waals surface area contributed by atoms with E-state index < -0.39 is 0 Å². The molecule has 86 valence electrons. The predicted molar refractivity (Wildman–Crippen MR) is 75.5 cm³/mol. The average molecular weight is 231 g/mol. The number of nitrogens with zero attached hydrogens (tertiary/aromatic N) is 1. The minimum atomic E-state index is 0.590. The molecule has 18 heavy (non-hydrogen) atoms. The van der Waals surface area contributed by atoms with Gasteiger partial charge in [-0.1, -0.05) is 67.2 Å². The second-order valence-corrected chi connectivity index (χ2v) is 3.93. The summed E-state index contributed by atoms with van der Waals surface area (Å²) in [4.78, 5) is 0. The minimum absolute atomic E-state index is 0.590. The Morgan fingerprint density at radius 1 is 0.944 bits per heavy atom. The summed E-state index contributed by atoms with van der Waals surface area (Å²) < 4.78 is 0. The Hall–Kier alpha value is -2.59. The first-order valence-corrected chi connectivity index (χ1v) is 5.73. The Bertz CT molecular complexity index is 601. The van der Waals surface area contributed by atoms with Gasteiger partial charge in [0.05, 0.1) is 11.6 Å². The van der Waals surface area contributed by atoms with E-state index in [1.54, 1.807) is 0 Å². The highest BCUT2D eigenvalue weighted by atomic mass is 14.3. The maximum atomic E-state index is 9.24. The van der Waals surface area contributed by atoms with Crippen molar-refractivity contribution in [3.8, 4) is 6.07 Å². The van der Waals surface area contributed by atoms with Crippen LogP contribution in [0.25, 0.3) is 11.6 Å². The maximum absolute atomic E-state index is 9.24.